The van der Waals surface area contributed by atoms with Gasteiger partial charge in [0.2, 0.25) is 0 Å². The Bertz CT molecular complexity index is 644. The topological polar surface area (TPSA) is 56.2 Å². The van der Waals surface area contributed by atoms with E-state index in [1.54, 1.807) is 6.07 Å². The van der Waals surface area contributed by atoms with Gasteiger partial charge in [-0.3, -0.25) is 0 Å². The highest BCUT2D eigenvalue weighted by atomic mass is 35.5. The monoisotopic (exact) mass is 295 g/mol. The fourth-order valence-electron chi connectivity index (χ4n) is 1.85. The van der Waals surface area contributed by atoms with Crippen LogP contribution >= 0.6 is 11.6 Å². The van der Waals surface area contributed by atoms with Gasteiger partial charge in [0.1, 0.15) is 11.4 Å². The number of rotatable bonds is 2. The molecular formula is C14H18ClN3O2. The minimum absolute atomic E-state index is 0.303. The molecule has 0 fully saturated rings. The molecule has 0 bridgehead atoms. The Morgan fingerprint density at radius 2 is 2.15 bits per heavy atom. The first kappa shape index (κ1) is 14.7. The summed E-state index contributed by atoms with van der Waals surface area (Å²) in [5.41, 5.74) is 1.26. The van der Waals surface area contributed by atoms with Gasteiger partial charge in [-0.1, -0.05) is 11.6 Å². The van der Waals surface area contributed by atoms with Crippen molar-refractivity contribution in [2.24, 2.45) is 7.05 Å². The molecule has 0 aliphatic carbocycles. The number of carbonyl (C=O) groups excluding carboxylic acids is 1. The Kier molecular flexibility index (Phi) is 3.90. The van der Waals surface area contributed by atoms with E-state index in [0.717, 1.165) is 16.9 Å². The maximum atomic E-state index is 11.6. The molecule has 0 saturated carbocycles. The van der Waals surface area contributed by atoms with Gasteiger partial charge < -0.3 is 14.6 Å². The number of ether oxygens (including phenoxy) is 1. The second-order valence-corrected chi connectivity index (χ2v) is 6.01. The zero-order valence-electron chi connectivity index (χ0n) is 12.0. The Hall–Kier alpha value is -1.75. The SMILES string of the molecule is Cn1c(CNC(=O)OC(C)(C)C)nc2cc(Cl)ccc21. The van der Waals surface area contributed by atoms with Crippen molar-refractivity contribution in [1.29, 1.82) is 0 Å². The largest absolute Gasteiger partial charge is 0.444 e. The van der Waals surface area contributed by atoms with Gasteiger partial charge >= 0.3 is 6.09 Å². The molecule has 5 nitrogen and oxygen atoms in total. The molecule has 1 aromatic carbocycles. The van der Waals surface area contributed by atoms with Gasteiger partial charge in [-0.25, -0.2) is 9.78 Å². The van der Waals surface area contributed by atoms with Crippen LogP contribution in [0.4, 0.5) is 4.79 Å². The predicted molar refractivity (Wildman–Crippen MR) is 78.8 cm³/mol. The van der Waals surface area contributed by atoms with Crippen molar-refractivity contribution < 1.29 is 9.53 Å². The van der Waals surface area contributed by atoms with Crippen LogP contribution in [0.15, 0.2) is 18.2 Å². The summed E-state index contributed by atoms with van der Waals surface area (Å²) in [4.78, 5) is 16.1. The molecule has 1 aromatic heterocycles. The number of halogens is 1. The highest BCUT2D eigenvalue weighted by Crippen LogP contribution is 2.19. The number of hydrogen-bond donors (Lipinski definition) is 1. The van der Waals surface area contributed by atoms with Crippen molar-refractivity contribution in [1.82, 2.24) is 14.9 Å². The van der Waals surface area contributed by atoms with E-state index in [4.69, 9.17) is 16.3 Å². The van der Waals surface area contributed by atoms with E-state index < -0.39 is 11.7 Å². The molecule has 1 amide bonds. The van der Waals surface area contributed by atoms with E-state index in [0.29, 0.717) is 11.6 Å². The van der Waals surface area contributed by atoms with Gasteiger partial charge in [0.25, 0.3) is 0 Å². The zero-order valence-corrected chi connectivity index (χ0v) is 12.8. The molecule has 0 unspecified atom stereocenters. The van der Waals surface area contributed by atoms with Gasteiger partial charge in [-0.05, 0) is 39.0 Å². The molecule has 0 spiro atoms. The Morgan fingerprint density at radius 3 is 2.80 bits per heavy atom. The summed E-state index contributed by atoms with van der Waals surface area (Å²) < 4.78 is 7.10. The molecule has 1 heterocycles. The zero-order chi connectivity index (χ0) is 14.9. The number of fused-ring (bicyclic) bond motifs is 1. The summed E-state index contributed by atoms with van der Waals surface area (Å²) in [6.07, 6.45) is -0.456. The third-order valence-electron chi connectivity index (χ3n) is 2.73. The van der Waals surface area contributed by atoms with Gasteiger partial charge in [0, 0.05) is 12.1 Å². The van der Waals surface area contributed by atoms with E-state index in [9.17, 15) is 4.79 Å². The van der Waals surface area contributed by atoms with Crippen molar-refractivity contribution in [2.45, 2.75) is 32.9 Å². The Morgan fingerprint density at radius 1 is 1.45 bits per heavy atom. The standard InChI is InChI=1S/C14H18ClN3O2/c1-14(2,3)20-13(19)16-8-12-17-10-7-9(15)5-6-11(10)18(12)4/h5-7H,8H2,1-4H3,(H,16,19). The maximum Gasteiger partial charge on any atom is 0.408 e. The lowest BCUT2D eigenvalue weighted by molar-refractivity contribution is 0.0522. The number of nitrogens with zero attached hydrogens (tertiary/aromatic N) is 2. The second kappa shape index (κ2) is 5.32. The van der Waals surface area contributed by atoms with Crippen LogP contribution in [0.3, 0.4) is 0 Å². The van der Waals surface area contributed by atoms with Crippen molar-refractivity contribution in [2.75, 3.05) is 0 Å². The first-order chi connectivity index (χ1) is 9.26. The van der Waals surface area contributed by atoms with Crippen LogP contribution in [-0.2, 0) is 18.3 Å². The first-order valence-electron chi connectivity index (χ1n) is 6.34. The summed E-state index contributed by atoms with van der Waals surface area (Å²) in [6, 6.07) is 5.52. The number of imidazole rings is 1. The molecule has 6 heteroatoms. The second-order valence-electron chi connectivity index (χ2n) is 5.58. The lowest BCUT2D eigenvalue weighted by atomic mass is 10.2. The van der Waals surface area contributed by atoms with E-state index in [-0.39, 0.29) is 0 Å². The molecule has 108 valence electrons. The number of carbonyl (C=O) groups is 1. The fraction of sp³-hybridized carbons (Fsp3) is 0.429. The van der Waals surface area contributed by atoms with Crippen LogP contribution in [-0.4, -0.2) is 21.2 Å². The molecule has 0 aliphatic heterocycles. The van der Waals surface area contributed by atoms with E-state index in [1.165, 1.54) is 0 Å². The third kappa shape index (κ3) is 3.42. The molecule has 0 atom stereocenters. The molecule has 20 heavy (non-hydrogen) atoms. The van der Waals surface area contributed by atoms with Gasteiger partial charge in [-0.2, -0.15) is 0 Å². The number of amides is 1. The predicted octanol–water partition coefficient (Wildman–Crippen LogP) is 3.25. The average Bonchev–Trinajstić information content (AvgIpc) is 2.61. The summed E-state index contributed by atoms with van der Waals surface area (Å²) in [7, 11) is 1.90. The fourth-order valence-corrected chi connectivity index (χ4v) is 2.01. The number of nitrogens with one attached hydrogen (secondary N) is 1. The van der Waals surface area contributed by atoms with Crippen LogP contribution in [0.2, 0.25) is 5.02 Å². The molecule has 0 radical (unpaired) electrons. The number of alkyl carbamates (subject to hydrolysis) is 1. The summed E-state index contributed by atoms with van der Waals surface area (Å²) in [5.74, 6) is 0.744. The van der Waals surface area contributed by atoms with Gasteiger partial charge in [0.05, 0.1) is 17.6 Å². The minimum atomic E-state index is -0.510. The molecule has 2 rings (SSSR count). The van der Waals surface area contributed by atoms with Crippen LogP contribution in [0.5, 0.6) is 0 Å². The van der Waals surface area contributed by atoms with Crippen LogP contribution in [0.25, 0.3) is 11.0 Å². The third-order valence-corrected chi connectivity index (χ3v) is 2.96. The average molecular weight is 296 g/mol. The van der Waals surface area contributed by atoms with E-state index in [1.807, 2.05) is 44.5 Å². The highest BCUT2D eigenvalue weighted by Gasteiger charge is 2.16. The number of benzene rings is 1. The Labute approximate surface area is 122 Å². The molecular weight excluding hydrogens is 278 g/mol. The van der Waals surface area contributed by atoms with Crippen LogP contribution < -0.4 is 5.32 Å². The number of aryl methyl sites for hydroxylation is 1. The summed E-state index contributed by atoms with van der Waals surface area (Å²) >= 11 is 5.94. The number of aromatic nitrogens is 2. The first-order valence-corrected chi connectivity index (χ1v) is 6.72. The quantitative estimate of drug-likeness (QED) is 0.925. The van der Waals surface area contributed by atoms with Crippen LogP contribution in [0, 0.1) is 0 Å². The van der Waals surface area contributed by atoms with Crippen molar-refractivity contribution in [3.8, 4) is 0 Å². The highest BCUT2D eigenvalue weighted by molar-refractivity contribution is 6.31. The number of hydrogen-bond acceptors (Lipinski definition) is 3. The van der Waals surface area contributed by atoms with Crippen LogP contribution in [0.1, 0.15) is 26.6 Å². The molecule has 0 saturated heterocycles. The molecule has 2 aromatic rings. The summed E-state index contributed by atoms with van der Waals surface area (Å²) in [5, 5.41) is 3.34. The Balaban J connectivity index is 2.10. The van der Waals surface area contributed by atoms with Crippen molar-refractivity contribution >= 4 is 28.7 Å². The van der Waals surface area contributed by atoms with Gasteiger partial charge in [0.15, 0.2) is 0 Å². The summed E-state index contributed by atoms with van der Waals surface area (Å²) in [6.45, 7) is 5.77. The molecule has 1 N–H and O–H groups in total. The van der Waals surface area contributed by atoms with Crippen molar-refractivity contribution in [3.05, 3.63) is 29.0 Å². The smallest absolute Gasteiger partial charge is 0.408 e. The molecule has 0 aliphatic rings. The minimum Gasteiger partial charge on any atom is -0.444 e. The lowest BCUT2D eigenvalue weighted by Gasteiger charge is -2.19. The maximum absolute atomic E-state index is 11.6. The lowest BCUT2D eigenvalue weighted by Crippen LogP contribution is -2.32. The van der Waals surface area contributed by atoms with E-state index in [2.05, 4.69) is 10.3 Å². The van der Waals surface area contributed by atoms with Crippen molar-refractivity contribution in [3.63, 3.8) is 0 Å². The van der Waals surface area contributed by atoms with E-state index >= 15 is 0 Å². The normalized spacial score (nSPS) is 11.7. The van der Waals surface area contributed by atoms with Gasteiger partial charge in [-0.15, -0.1) is 0 Å².